The van der Waals surface area contributed by atoms with E-state index in [9.17, 15) is 5.11 Å². The predicted octanol–water partition coefficient (Wildman–Crippen LogP) is 5.19. The van der Waals surface area contributed by atoms with Crippen LogP contribution < -0.4 is 0 Å². The fraction of sp³-hybridized carbons (Fsp3) is 0.360. The minimum atomic E-state index is 0.0675. The summed E-state index contributed by atoms with van der Waals surface area (Å²) in [5.74, 6) is 0.893. The van der Waals surface area contributed by atoms with Gasteiger partial charge in [-0.2, -0.15) is 0 Å². The number of benzene rings is 2. The number of para-hydroxylation sites is 1. The number of nitrogens with zero attached hydrogens (tertiary/aromatic N) is 2. The van der Waals surface area contributed by atoms with Crippen molar-refractivity contribution in [3.8, 4) is 5.75 Å². The van der Waals surface area contributed by atoms with Crippen molar-refractivity contribution in [1.29, 1.82) is 0 Å². The summed E-state index contributed by atoms with van der Waals surface area (Å²) >= 11 is 3.78. The molecule has 2 unspecified atom stereocenters. The molecule has 2 aliphatic rings. The van der Waals surface area contributed by atoms with Crippen molar-refractivity contribution in [2.45, 2.75) is 24.7 Å². The lowest BCUT2D eigenvalue weighted by Gasteiger charge is -2.51. The highest BCUT2D eigenvalue weighted by Gasteiger charge is 2.48. The molecule has 1 N–H and O–H groups in total. The van der Waals surface area contributed by atoms with Gasteiger partial charge < -0.3 is 9.67 Å². The standard InChI is InChI=1S/C25H27BrN2O/c1-3-11-28-12-10-25(17-6-4-7-19(29)13-17)15-23-21(14-18(25)16-28)20-8-5-9-22(26)24(20)27(23)2/h3-9,13,18,29H,1,10-12,14-16H2,2H3. The third-order valence-corrected chi connectivity index (χ3v) is 7.92. The molecular weight excluding hydrogens is 424 g/mol. The van der Waals surface area contributed by atoms with Gasteiger partial charge in [-0.3, -0.25) is 4.90 Å². The van der Waals surface area contributed by atoms with E-state index in [2.05, 4.69) is 63.3 Å². The molecule has 150 valence electrons. The Balaban J connectivity index is 1.69. The molecule has 1 saturated heterocycles. The number of aromatic nitrogens is 1. The average molecular weight is 451 g/mol. The summed E-state index contributed by atoms with van der Waals surface area (Å²) in [5, 5.41) is 11.6. The van der Waals surface area contributed by atoms with Crippen molar-refractivity contribution >= 4 is 26.8 Å². The zero-order valence-corrected chi connectivity index (χ0v) is 18.5. The third-order valence-electron chi connectivity index (χ3n) is 7.28. The first-order chi connectivity index (χ1) is 14.0. The molecule has 0 radical (unpaired) electrons. The largest absolute Gasteiger partial charge is 0.508 e. The maximum atomic E-state index is 10.2. The Labute approximate surface area is 180 Å². The number of aryl methyl sites for hydroxylation is 1. The van der Waals surface area contributed by atoms with Crippen LogP contribution >= 0.6 is 15.9 Å². The van der Waals surface area contributed by atoms with Gasteiger partial charge in [0.05, 0.1) is 5.52 Å². The Morgan fingerprint density at radius 1 is 1.28 bits per heavy atom. The lowest BCUT2D eigenvalue weighted by molar-refractivity contribution is 0.0888. The van der Waals surface area contributed by atoms with Gasteiger partial charge in [0, 0.05) is 41.1 Å². The number of aromatic hydroxyl groups is 1. The summed E-state index contributed by atoms with van der Waals surface area (Å²) in [6.07, 6.45) is 5.23. The van der Waals surface area contributed by atoms with Crippen molar-refractivity contribution in [3.63, 3.8) is 0 Å². The summed E-state index contributed by atoms with van der Waals surface area (Å²) in [5.41, 5.74) is 5.60. The number of halogens is 1. The summed E-state index contributed by atoms with van der Waals surface area (Å²) in [6.45, 7) is 7.04. The van der Waals surface area contributed by atoms with E-state index in [1.807, 2.05) is 18.2 Å². The number of likely N-dealkylation sites (tertiary alicyclic amines) is 1. The van der Waals surface area contributed by atoms with Crippen LogP contribution in [-0.4, -0.2) is 34.2 Å². The van der Waals surface area contributed by atoms with E-state index in [4.69, 9.17) is 0 Å². The van der Waals surface area contributed by atoms with Gasteiger partial charge in [-0.15, -0.1) is 6.58 Å². The highest BCUT2D eigenvalue weighted by molar-refractivity contribution is 9.10. The maximum absolute atomic E-state index is 10.2. The van der Waals surface area contributed by atoms with Crippen LogP contribution in [0.2, 0.25) is 0 Å². The molecule has 0 amide bonds. The molecule has 2 aromatic carbocycles. The lowest BCUT2D eigenvalue weighted by atomic mass is 9.58. The number of phenolic OH excluding ortho intramolecular Hbond substituents is 1. The molecule has 1 aliphatic heterocycles. The fourth-order valence-electron chi connectivity index (χ4n) is 5.87. The molecule has 29 heavy (non-hydrogen) atoms. The van der Waals surface area contributed by atoms with Crippen LogP contribution in [0.15, 0.2) is 59.6 Å². The summed E-state index contributed by atoms with van der Waals surface area (Å²) in [7, 11) is 2.20. The zero-order valence-electron chi connectivity index (χ0n) is 16.9. The van der Waals surface area contributed by atoms with E-state index < -0.39 is 0 Å². The van der Waals surface area contributed by atoms with Crippen molar-refractivity contribution in [1.82, 2.24) is 9.47 Å². The number of hydrogen-bond acceptors (Lipinski definition) is 2. The molecule has 3 nitrogen and oxygen atoms in total. The second-order valence-electron chi connectivity index (χ2n) is 8.70. The maximum Gasteiger partial charge on any atom is 0.115 e. The van der Waals surface area contributed by atoms with Crippen molar-refractivity contribution in [2.75, 3.05) is 19.6 Å². The van der Waals surface area contributed by atoms with E-state index in [-0.39, 0.29) is 5.41 Å². The first kappa shape index (κ1) is 19.0. The van der Waals surface area contributed by atoms with Gasteiger partial charge in [0.1, 0.15) is 5.75 Å². The van der Waals surface area contributed by atoms with Crippen molar-refractivity contribution in [2.24, 2.45) is 13.0 Å². The molecule has 4 heteroatoms. The smallest absolute Gasteiger partial charge is 0.115 e. The number of piperidine rings is 1. The van der Waals surface area contributed by atoms with E-state index in [1.165, 1.54) is 27.7 Å². The molecular formula is C25H27BrN2O. The highest BCUT2D eigenvalue weighted by atomic mass is 79.9. The minimum Gasteiger partial charge on any atom is -0.508 e. The fourth-order valence-corrected chi connectivity index (χ4v) is 6.50. The summed E-state index contributed by atoms with van der Waals surface area (Å²) in [6, 6.07) is 14.6. The molecule has 2 atom stereocenters. The topological polar surface area (TPSA) is 28.4 Å². The van der Waals surface area contributed by atoms with Crippen molar-refractivity contribution in [3.05, 3.63) is 76.4 Å². The average Bonchev–Trinajstić information content (AvgIpc) is 2.99. The quantitative estimate of drug-likeness (QED) is 0.556. The normalized spacial score (nSPS) is 24.3. The van der Waals surface area contributed by atoms with Gasteiger partial charge in [0.15, 0.2) is 0 Å². The molecule has 2 heterocycles. The molecule has 0 bridgehead atoms. The second-order valence-corrected chi connectivity index (χ2v) is 9.56. The summed E-state index contributed by atoms with van der Waals surface area (Å²) in [4.78, 5) is 2.53. The second kappa shape index (κ2) is 7.03. The molecule has 0 saturated carbocycles. The Morgan fingerprint density at radius 3 is 2.90 bits per heavy atom. The van der Waals surface area contributed by atoms with Crippen molar-refractivity contribution < 1.29 is 5.11 Å². The molecule has 5 rings (SSSR count). The third kappa shape index (κ3) is 2.88. The lowest BCUT2D eigenvalue weighted by Crippen LogP contribution is -2.53. The van der Waals surface area contributed by atoms with Gasteiger partial charge in [-0.1, -0.05) is 30.3 Å². The van der Waals surface area contributed by atoms with Crippen LogP contribution in [0.5, 0.6) is 5.75 Å². The van der Waals surface area contributed by atoms with E-state index in [1.54, 1.807) is 6.07 Å². The van der Waals surface area contributed by atoms with Crippen LogP contribution in [0.3, 0.4) is 0 Å². The molecule has 1 aromatic heterocycles. The number of hydrogen-bond donors (Lipinski definition) is 1. The monoisotopic (exact) mass is 450 g/mol. The van der Waals surface area contributed by atoms with Crippen LogP contribution in [0.1, 0.15) is 23.2 Å². The van der Waals surface area contributed by atoms with E-state index in [0.717, 1.165) is 43.4 Å². The number of rotatable bonds is 3. The SMILES string of the molecule is C=CCN1CCC2(c3cccc(O)c3)Cc3c(c4cccc(Br)c4n3C)CC2C1. The first-order valence-corrected chi connectivity index (χ1v) is 11.2. The van der Waals surface area contributed by atoms with Crippen LogP contribution in [0.25, 0.3) is 10.9 Å². The van der Waals surface area contributed by atoms with Gasteiger partial charge >= 0.3 is 0 Å². The first-order valence-electron chi connectivity index (χ1n) is 10.4. The van der Waals surface area contributed by atoms with Crippen LogP contribution in [0, 0.1) is 5.92 Å². The van der Waals surface area contributed by atoms with Gasteiger partial charge in [0.25, 0.3) is 0 Å². The predicted molar refractivity (Wildman–Crippen MR) is 123 cm³/mol. The zero-order chi connectivity index (χ0) is 20.2. The Kier molecular flexibility index (Phi) is 4.60. The number of fused-ring (bicyclic) bond motifs is 4. The Morgan fingerprint density at radius 2 is 2.10 bits per heavy atom. The Bertz CT molecular complexity index is 1100. The summed E-state index contributed by atoms with van der Waals surface area (Å²) < 4.78 is 3.56. The molecule has 1 aliphatic carbocycles. The van der Waals surface area contributed by atoms with Crippen LogP contribution in [-0.2, 0) is 25.3 Å². The van der Waals surface area contributed by atoms with Gasteiger partial charge in [-0.05, 0) is 77.0 Å². The van der Waals surface area contributed by atoms with Gasteiger partial charge in [-0.25, -0.2) is 0 Å². The molecule has 1 fully saturated rings. The van der Waals surface area contributed by atoms with Gasteiger partial charge in [0.2, 0.25) is 0 Å². The Hall–Kier alpha value is -2.04. The van der Waals surface area contributed by atoms with E-state index >= 15 is 0 Å². The minimum absolute atomic E-state index is 0.0675. The number of phenols is 1. The molecule has 0 spiro atoms. The highest BCUT2D eigenvalue weighted by Crippen LogP contribution is 2.50. The van der Waals surface area contributed by atoms with Crippen LogP contribution in [0.4, 0.5) is 0 Å². The molecule has 3 aromatic rings. The van der Waals surface area contributed by atoms with E-state index in [0.29, 0.717) is 11.7 Å².